The number of hydrogen-bond acceptors (Lipinski definition) is 6. The van der Waals surface area contributed by atoms with Crippen LogP contribution in [0.3, 0.4) is 0 Å². The minimum atomic E-state index is -0.118. The maximum absolute atomic E-state index is 12.7. The highest BCUT2D eigenvalue weighted by Gasteiger charge is 2.33. The molecule has 0 aromatic carbocycles. The highest BCUT2D eigenvalue weighted by atomic mass is 16.5. The van der Waals surface area contributed by atoms with Gasteiger partial charge in [0.15, 0.2) is 5.52 Å². The summed E-state index contributed by atoms with van der Waals surface area (Å²) in [5.74, 6) is 3.45. The van der Waals surface area contributed by atoms with E-state index in [2.05, 4.69) is 21.8 Å². The zero-order valence-corrected chi connectivity index (χ0v) is 16.0. The van der Waals surface area contributed by atoms with Gasteiger partial charge in [0.05, 0.1) is 19.0 Å². The lowest BCUT2D eigenvalue weighted by molar-refractivity contribution is 0.0832. The molecule has 0 spiro atoms. The lowest BCUT2D eigenvalue weighted by Gasteiger charge is -2.21. The zero-order valence-electron chi connectivity index (χ0n) is 16.0. The number of likely N-dealkylation sites (tertiary alicyclic amines) is 1. The maximum atomic E-state index is 12.7. The van der Waals surface area contributed by atoms with Crippen molar-refractivity contribution in [1.82, 2.24) is 24.5 Å². The predicted molar refractivity (Wildman–Crippen MR) is 102 cm³/mol. The summed E-state index contributed by atoms with van der Waals surface area (Å²) in [7, 11) is 0. The molecule has 2 unspecified atom stereocenters. The van der Waals surface area contributed by atoms with Crippen LogP contribution in [0.4, 0.5) is 0 Å². The van der Waals surface area contributed by atoms with Crippen molar-refractivity contribution in [2.45, 2.75) is 38.1 Å². The highest BCUT2D eigenvalue weighted by molar-refractivity contribution is 5.42. The molecule has 3 aromatic heterocycles. The van der Waals surface area contributed by atoms with Gasteiger partial charge in [0.1, 0.15) is 17.4 Å². The lowest BCUT2D eigenvalue weighted by atomic mass is 9.97. The quantitative estimate of drug-likeness (QED) is 0.743. The van der Waals surface area contributed by atoms with Gasteiger partial charge in [-0.25, -0.2) is 9.50 Å². The number of aromatic nitrogens is 4. The highest BCUT2D eigenvalue weighted by Crippen LogP contribution is 2.31. The Bertz CT molecular complexity index is 1000. The Morgan fingerprint density at radius 1 is 1.29 bits per heavy atom. The van der Waals surface area contributed by atoms with Gasteiger partial charge in [0.2, 0.25) is 0 Å². The lowest BCUT2D eigenvalue weighted by Crippen LogP contribution is -2.24. The van der Waals surface area contributed by atoms with Crippen LogP contribution in [0.25, 0.3) is 5.52 Å². The molecule has 5 rings (SSSR count). The van der Waals surface area contributed by atoms with Gasteiger partial charge in [-0.2, -0.15) is 5.10 Å². The standard InChI is InChI=1S/C20H25N5O3/c1-13-10-24(11-15-3-2-6-28-15)12-16(13)18-22-20(26)17-9-21-19(25(17)23-18)14-4-7-27-8-5-14/h2-3,6,9,13-14,16H,4-5,7-8,10-12H2,1H3,(H,22,23,26). The number of imidazole rings is 1. The van der Waals surface area contributed by atoms with E-state index in [0.717, 1.165) is 63.1 Å². The van der Waals surface area contributed by atoms with Gasteiger partial charge in [-0.1, -0.05) is 6.92 Å². The van der Waals surface area contributed by atoms with E-state index in [9.17, 15) is 4.79 Å². The van der Waals surface area contributed by atoms with Gasteiger partial charge in [-0.15, -0.1) is 0 Å². The number of furan rings is 1. The van der Waals surface area contributed by atoms with Crippen molar-refractivity contribution < 1.29 is 9.15 Å². The fraction of sp³-hybridized carbons (Fsp3) is 0.550. The summed E-state index contributed by atoms with van der Waals surface area (Å²) >= 11 is 0. The van der Waals surface area contributed by atoms with E-state index in [4.69, 9.17) is 14.3 Å². The molecule has 0 aliphatic carbocycles. The monoisotopic (exact) mass is 383 g/mol. The molecule has 2 saturated heterocycles. The molecule has 0 radical (unpaired) electrons. The van der Waals surface area contributed by atoms with Crippen molar-refractivity contribution in [3.05, 3.63) is 52.4 Å². The van der Waals surface area contributed by atoms with Gasteiger partial charge in [-0.05, 0) is 30.9 Å². The summed E-state index contributed by atoms with van der Waals surface area (Å²) in [4.78, 5) is 22.6. The van der Waals surface area contributed by atoms with Crippen LogP contribution in [-0.2, 0) is 11.3 Å². The number of H-pyrrole nitrogens is 1. The van der Waals surface area contributed by atoms with Crippen LogP contribution in [0.5, 0.6) is 0 Å². The first-order chi connectivity index (χ1) is 13.7. The molecule has 0 saturated carbocycles. The Hall–Kier alpha value is -2.45. The second-order valence-electron chi connectivity index (χ2n) is 8.00. The van der Waals surface area contributed by atoms with E-state index in [0.29, 0.717) is 11.4 Å². The Morgan fingerprint density at radius 2 is 2.14 bits per heavy atom. The first-order valence-electron chi connectivity index (χ1n) is 9.99. The summed E-state index contributed by atoms with van der Waals surface area (Å²) < 4.78 is 12.7. The predicted octanol–water partition coefficient (Wildman–Crippen LogP) is 2.14. The molecule has 2 atom stereocenters. The van der Waals surface area contributed by atoms with Crippen molar-refractivity contribution in [1.29, 1.82) is 0 Å². The maximum Gasteiger partial charge on any atom is 0.276 e. The smallest absolute Gasteiger partial charge is 0.276 e. The molecular weight excluding hydrogens is 358 g/mol. The molecule has 8 heteroatoms. The normalized spacial score (nSPS) is 24.3. The molecule has 2 fully saturated rings. The molecule has 2 aliphatic heterocycles. The second-order valence-corrected chi connectivity index (χ2v) is 8.00. The average Bonchev–Trinajstić information content (AvgIpc) is 3.43. The molecular formula is C20H25N5O3. The van der Waals surface area contributed by atoms with Crippen molar-refractivity contribution in [3.8, 4) is 0 Å². The summed E-state index contributed by atoms with van der Waals surface area (Å²) in [6.07, 6.45) is 5.18. The number of nitrogens with zero attached hydrogens (tertiary/aromatic N) is 4. The van der Waals surface area contributed by atoms with Crippen LogP contribution in [-0.4, -0.2) is 50.8 Å². The van der Waals surface area contributed by atoms with E-state index in [1.54, 1.807) is 17.0 Å². The number of nitrogens with one attached hydrogen (secondary N) is 1. The summed E-state index contributed by atoms with van der Waals surface area (Å²) in [5, 5.41) is 4.84. The second kappa shape index (κ2) is 7.18. The number of hydrogen-bond donors (Lipinski definition) is 1. The minimum Gasteiger partial charge on any atom is -0.468 e. The van der Waals surface area contributed by atoms with Crippen molar-refractivity contribution in [2.75, 3.05) is 26.3 Å². The Kier molecular flexibility index (Phi) is 4.52. The number of fused-ring (bicyclic) bond motifs is 1. The summed E-state index contributed by atoms with van der Waals surface area (Å²) in [5.41, 5.74) is 0.399. The Labute approximate surface area is 162 Å². The molecule has 2 aliphatic rings. The third kappa shape index (κ3) is 3.16. The summed E-state index contributed by atoms with van der Waals surface area (Å²) in [6, 6.07) is 3.91. The van der Waals surface area contributed by atoms with Crippen LogP contribution in [0.15, 0.2) is 33.8 Å². The number of ether oxygens (including phenoxy) is 1. The van der Waals surface area contributed by atoms with Gasteiger partial charge in [0, 0.05) is 38.1 Å². The fourth-order valence-corrected chi connectivity index (χ4v) is 4.51. The van der Waals surface area contributed by atoms with Gasteiger partial charge >= 0.3 is 0 Å². The van der Waals surface area contributed by atoms with Crippen molar-refractivity contribution >= 4 is 5.52 Å². The molecule has 5 heterocycles. The van der Waals surface area contributed by atoms with Crippen LogP contribution in [0.2, 0.25) is 0 Å². The molecule has 3 aromatic rings. The van der Waals surface area contributed by atoms with E-state index in [1.165, 1.54) is 0 Å². The van der Waals surface area contributed by atoms with Gasteiger partial charge in [0.25, 0.3) is 5.56 Å². The van der Waals surface area contributed by atoms with Crippen LogP contribution >= 0.6 is 0 Å². The van der Waals surface area contributed by atoms with Crippen LogP contribution in [0.1, 0.15) is 49.0 Å². The topological polar surface area (TPSA) is 88.7 Å². The first-order valence-corrected chi connectivity index (χ1v) is 9.99. The van der Waals surface area contributed by atoms with Gasteiger partial charge in [-0.3, -0.25) is 9.69 Å². The van der Waals surface area contributed by atoms with E-state index in [1.807, 2.05) is 12.1 Å². The van der Waals surface area contributed by atoms with Crippen LogP contribution in [0, 0.1) is 5.92 Å². The fourth-order valence-electron chi connectivity index (χ4n) is 4.51. The third-order valence-corrected chi connectivity index (χ3v) is 6.03. The molecule has 1 N–H and O–H groups in total. The van der Waals surface area contributed by atoms with Crippen molar-refractivity contribution in [2.24, 2.45) is 5.92 Å². The van der Waals surface area contributed by atoms with E-state index >= 15 is 0 Å². The molecule has 0 bridgehead atoms. The molecule has 8 nitrogen and oxygen atoms in total. The van der Waals surface area contributed by atoms with Gasteiger partial charge < -0.3 is 14.1 Å². The van der Waals surface area contributed by atoms with E-state index in [-0.39, 0.29) is 17.4 Å². The zero-order chi connectivity index (χ0) is 19.1. The largest absolute Gasteiger partial charge is 0.468 e. The Morgan fingerprint density at radius 3 is 2.93 bits per heavy atom. The third-order valence-electron chi connectivity index (χ3n) is 6.03. The van der Waals surface area contributed by atoms with Crippen LogP contribution < -0.4 is 5.56 Å². The minimum absolute atomic E-state index is 0.118. The number of rotatable bonds is 4. The molecule has 0 amide bonds. The first kappa shape index (κ1) is 17.6. The molecule has 148 valence electrons. The summed E-state index contributed by atoms with van der Waals surface area (Å²) in [6.45, 7) is 6.25. The van der Waals surface area contributed by atoms with E-state index < -0.39 is 0 Å². The SMILES string of the molecule is CC1CN(Cc2ccco2)CC1c1nn2c(C3CCOCC3)ncc2c(=O)[nH]1. The molecule has 28 heavy (non-hydrogen) atoms. The average molecular weight is 383 g/mol. The number of aromatic amines is 1. The van der Waals surface area contributed by atoms with Crippen molar-refractivity contribution in [3.63, 3.8) is 0 Å². The Balaban J connectivity index is 1.44.